The van der Waals surface area contributed by atoms with E-state index in [2.05, 4.69) is 4.98 Å². The summed E-state index contributed by atoms with van der Waals surface area (Å²) in [6, 6.07) is 0. The fourth-order valence-electron chi connectivity index (χ4n) is 0.991. The number of nitrogens with zero attached hydrogens (tertiary/aromatic N) is 2. The highest BCUT2D eigenvalue weighted by Crippen LogP contribution is 2.30. The van der Waals surface area contributed by atoms with Gasteiger partial charge in [0.1, 0.15) is 0 Å². The number of thiazole rings is 1. The molecule has 1 aromatic heterocycles. The minimum Gasteiger partial charge on any atom is -0.375 e. The predicted octanol–water partition coefficient (Wildman–Crippen LogP) is 1.60. The number of carbonyl (C=O) groups is 1. The predicted molar refractivity (Wildman–Crippen MR) is 65.3 cm³/mol. The van der Waals surface area contributed by atoms with Crippen LogP contribution in [0.2, 0.25) is 0 Å². The zero-order valence-corrected chi connectivity index (χ0v) is 10.7. The maximum absolute atomic E-state index is 11.3. The van der Waals surface area contributed by atoms with Gasteiger partial charge in [0.15, 0.2) is 5.13 Å². The number of thioether (sulfide) groups is 1. The summed E-state index contributed by atoms with van der Waals surface area (Å²) >= 11 is 3.12. The summed E-state index contributed by atoms with van der Waals surface area (Å²) in [6.07, 6.45) is 0.551. The number of hydrogen-bond acceptors (Lipinski definition) is 5. The van der Waals surface area contributed by atoms with Gasteiger partial charge in [0.05, 0.1) is 9.90 Å². The summed E-state index contributed by atoms with van der Waals surface area (Å²) in [5, 5.41) is 0.592. The second kappa shape index (κ2) is 5.37. The van der Waals surface area contributed by atoms with Crippen molar-refractivity contribution in [1.82, 2.24) is 9.88 Å². The van der Waals surface area contributed by atoms with E-state index in [4.69, 9.17) is 5.73 Å². The van der Waals surface area contributed by atoms with Gasteiger partial charge in [0.25, 0.3) is 0 Å². The van der Waals surface area contributed by atoms with Crippen LogP contribution in [0, 0.1) is 6.92 Å². The molecule has 84 valence electrons. The summed E-state index contributed by atoms with van der Waals surface area (Å²) in [6.45, 7) is 1.93. The Bertz CT molecular complexity index is 349. The first kappa shape index (κ1) is 12.3. The summed E-state index contributed by atoms with van der Waals surface area (Å²) in [5.74, 6) is 0.928. The third-order valence-electron chi connectivity index (χ3n) is 1.82. The molecule has 0 aliphatic heterocycles. The molecule has 0 radical (unpaired) electrons. The number of aromatic nitrogens is 1. The van der Waals surface area contributed by atoms with Gasteiger partial charge >= 0.3 is 0 Å². The summed E-state index contributed by atoms with van der Waals surface area (Å²) in [4.78, 5) is 17.0. The van der Waals surface area contributed by atoms with E-state index in [9.17, 15) is 4.79 Å². The molecule has 0 aliphatic rings. The summed E-state index contributed by atoms with van der Waals surface area (Å²) in [7, 11) is 3.53. The Hall–Kier alpha value is -0.750. The van der Waals surface area contributed by atoms with Crippen LogP contribution in [0.4, 0.5) is 5.13 Å². The fraction of sp³-hybridized carbons (Fsp3) is 0.556. The Morgan fingerprint density at radius 1 is 1.60 bits per heavy atom. The lowest BCUT2D eigenvalue weighted by atomic mass is 10.4. The van der Waals surface area contributed by atoms with Crippen molar-refractivity contribution in [2.75, 3.05) is 25.6 Å². The van der Waals surface area contributed by atoms with Crippen molar-refractivity contribution >= 4 is 34.1 Å². The van der Waals surface area contributed by atoms with Gasteiger partial charge in [-0.15, -0.1) is 11.8 Å². The first-order chi connectivity index (χ1) is 7.00. The third kappa shape index (κ3) is 3.71. The zero-order valence-electron chi connectivity index (χ0n) is 9.11. The molecule has 0 aliphatic carbocycles. The summed E-state index contributed by atoms with van der Waals surface area (Å²) in [5.41, 5.74) is 6.54. The maximum Gasteiger partial charge on any atom is 0.222 e. The summed E-state index contributed by atoms with van der Waals surface area (Å²) < 4.78 is 1.11. The highest BCUT2D eigenvalue weighted by Gasteiger charge is 2.08. The number of aryl methyl sites for hydroxylation is 1. The largest absolute Gasteiger partial charge is 0.375 e. The van der Waals surface area contributed by atoms with Gasteiger partial charge in [0, 0.05) is 26.3 Å². The molecule has 0 saturated heterocycles. The Morgan fingerprint density at radius 2 is 2.27 bits per heavy atom. The molecule has 6 heteroatoms. The minimum absolute atomic E-state index is 0.151. The van der Waals surface area contributed by atoms with Crippen LogP contribution in [0.3, 0.4) is 0 Å². The second-order valence-corrected chi connectivity index (χ2v) is 5.71. The number of nitrogen functional groups attached to an aromatic ring is 1. The first-order valence-electron chi connectivity index (χ1n) is 4.56. The fourth-order valence-corrected chi connectivity index (χ4v) is 3.02. The molecule has 0 unspecified atom stereocenters. The van der Waals surface area contributed by atoms with Crippen LogP contribution in [0.5, 0.6) is 0 Å². The molecule has 15 heavy (non-hydrogen) atoms. The van der Waals surface area contributed by atoms with E-state index in [0.29, 0.717) is 11.6 Å². The van der Waals surface area contributed by atoms with E-state index < -0.39 is 0 Å². The minimum atomic E-state index is 0.151. The Labute approximate surface area is 97.9 Å². The number of amides is 1. The Kier molecular flexibility index (Phi) is 4.41. The molecule has 0 fully saturated rings. The average molecular weight is 245 g/mol. The lowest BCUT2D eigenvalue weighted by molar-refractivity contribution is -0.128. The van der Waals surface area contributed by atoms with Crippen LogP contribution < -0.4 is 5.73 Å². The number of nitrogens with two attached hydrogens (primary N) is 1. The van der Waals surface area contributed by atoms with E-state index in [-0.39, 0.29) is 5.91 Å². The normalized spacial score (nSPS) is 10.3. The molecule has 0 aromatic carbocycles. The van der Waals surface area contributed by atoms with Crippen molar-refractivity contribution in [2.45, 2.75) is 17.6 Å². The van der Waals surface area contributed by atoms with Crippen LogP contribution in [0.1, 0.15) is 12.1 Å². The third-order valence-corrected chi connectivity index (χ3v) is 4.17. The standard InChI is InChI=1S/C9H15N3OS2/c1-6-8(15-9(10)11-6)14-5-4-7(13)12(2)3/h4-5H2,1-3H3,(H2,10,11). The number of anilines is 1. The second-order valence-electron chi connectivity index (χ2n) is 3.31. The topological polar surface area (TPSA) is 59.2 Å². The van der Waals surface area contributed by atoms with Crippen LogP contribution in [0.15, 0.2) is 4.21 Å². The lowest BCUT2D eigenvalue weighted by Crippen LogP contribution is -2.21. The van der Waals surface area contributed by atoms with Gasteiger partial charge in [-0.25, -0.2) is 4.98 Å². The first-order valence-corrected chi connectivity index (χ1v) is 6.36. The molecule has 0 spiro atoms. The van der Waals surface area contributed by atoms with Gasteiger partial charge in [-0.05, 0) is 6.92 Å². The van der Waals surface area contributed by atoms with Crippen molar-refractivity contribution < 1.29 is 4.79 Å². The molecule has 1 heterocycles. The molecule has 1 rings (SSSR count). The van der Waals surface area contributed by atoms with Crippen molar-refractivity contribution in [3.05, 3.63) is 5.69 Å². The highest BCUT2D eigenvalue weighted by molar-refractivity contribution is 8.01. The van der Waals surface area contributed by atoms with Gasteiger partial charge in [0.2, 0.25) is 5.91 Å². The van der Waals surface area contributed by atoms with E-state index in [1.807, 2.05) is 6.92 Å². The average Bonchev–Trinajstić information content (AvgIpc) is 2.45. The van der Waals surface area contributed by atoms with Crippen molar-refractivity contribution in [2.24, 2.45) is 0 Å². The molecule has 1 aromatic rings. The van der Waals surface area contributed by atoms with Crippen molar-refractivity contribution in [3.8, 4) is 0 Å². The van der Waals surface area contributed by atoms with E-state index in [1.54, 1.807) is 30.8 Å². The smallest absolute Gasteiger partial charge is 0.222 e. The Morgan fingerprint density at radius 3 is 2.73 bits per heavy atom. The number of rotatable bonds is 4. The van der Waals surface area contributed by atoms with E-state index in [1.165, 1.54) is 11.3 Å². The van der Waals surface area contributed by atoms with Crippen LogP contribution in [-0.2, 0) is 4.79 Å². The lowest BCUT2D eigenvalue weighted by Gasteiger charge is -2.08. The number of hydrogen-bond donors (Lipinski definition) is 1. The van der Waals surface area contributed by atoms with Crippen molar-refractivity contribution in [1.29, 1.82) is 0 Å². The van der Waals surface area contributed by atoms with Gasteiger partial charge in [-0.3, -0.25) is 4.79 Å². The zero-order chi connectivity index (χ0) is 11.4. The molecular formula is C9H15N3OS2. The highest BCUT2D eigenvalue weighted by atomic mass is 32.2. The molecule has 0 bridgehead atoms. The van der Waals surface area contributed by atoms with Gasteiger partial charge < -0.3 is 10.6 Å². The SMILES string of the molecule is Cc1nc(N)sc1SCCC(=O)N(C)C. The van der Waals surface area contributed by atoms with Crippen LogP contribution in [0.25, 0.3) is 0 Å². The monoisotopic (exact) mass is 245 g/mol. The van der Waals surface area contributed by atoms with E-state index >= 15 is 0 Å². The van der Waals surface area contributed by atoms with Crippen molar-refractivity contribution in [3.63, 3.8) is 0 Å². The molecule has 4 nitrogen and oxygen atoms in total. The molecule has 0 atom stereocenters. The van der Waals surface area contributed by atoms with Crippen LogP contribution >= 0.6 is 23.1 Å². The van der Waals surface area contributed by atoms with Gasteiger partial charge in [-0.1, -0.05) is 11.3 Å². The number of carbonyl (C=O) groups excluding carboxylic acids is 1. The van der Waals surface area contributed by atoms with Gasteiger partial charge in [-0.2, -0.15) is 0 Å². The quantitative estimate of drug-likeness (QED) is 0.819. The van der Waals surface area contributed by atoms with Crippen LogP contribution in [-0.4, -0.2) is 35.6 Å². The Balaban J connectivity index is 2.38. The molecule has 0 saturated carbocycles. The maximum atomic E-state index is 11.3. The molecule has 2 N–H and O–H groups in total. The molecule has 1 amide bonds. The van der Waals surface area contributed by atoms with E-state index in [0.717, 1.165) is 15.7 Å². The molecular weight excluding hydrogens is 230 g/mol.